The molecule has 1 aromatic rings. The maximum Gasteiger partial charge on any atom is 0.255 e. The number of hydrogen-bond acceptors (Lipinski definition) is 2. The van der Waals surface area contributed by atoms with Gasteiger partial charge in [-0.15, -0.1) is 0 Å². The molecule has 1 unspecified atom stereocenters. The second kappa shape index (κ2) is 8.34. The Morgan fingerprint density at radius 1 is 1.25 bits per heavy atom. The molecular formula is C18H24BrClN2O2. The van der Waals surface area contributed by atoms with Crippen molar-refractivity contribution < 1.29 is 9.59 Å². The Bertz CT molecular complexity index is 613. The van der Waals surface area contributed by atoms with E-state index in [9.17, 15) is 9.59 Å². The van der Waals surface area contributed by atoms with Gasteiger partial charge < -0.3 is 10.2 Å². The van der Waals surface area contributed by atoms with E-state index in [0.29, 0.717) is 42.4 Å². The molecule has 1 atom stereocenters. The highest BCUT2D eigenvalue weighted by Gasteiger charge is 2.29. The summed E-state index contributed by atoms with van der Waals surface area (Å²) in [6.45, 7) is 7.37. The van der Waals surface area contributed by atoms with E-state index >= 15 is 0 Å². The van der Waals surface area contributed by atoms with E-state index in [-0.39, 0.29) is 23.8 Å². The lowest BCUT2D eigenvalue weighted by Crippen LogP contribution is -2.45. The third kappa shape index (κ3) is 4.73. The molecule has 1 aromatic carbocycles. The van der Waals surface area contributed by atoms with Crippen molar-refractivity contribution in [3.05, 3.63) is 33.3 Å². The molecule has 0 aliphatic carbocycles. The molecule has 24 heavy (non-hydrogen) atoms. The maximum absolute atomic E-state index is 12.6. The molecule has 2 rings (SSSR count). The van der Waals surface area contributed by atoms with Crippen LogP contribution >= 0.6 is 27.5 Å². The fourth-order valence-corrected chi connectivity index (χ4v) is 3.24. The van der Waals surface area contributed by atoms with Gasteiger partial charge in [-0.05, 0) is 43.9 Å². The highest BCUT2D eigenvalue weighted by molar-refractivity contribution is 9.10. The Kier molecular flexibility index (Phi) is 6.70. The number of nitrogens with zero attached hydrogens (tertiary/aromatic N) is 1. The summed E-state index contributed by atoms with van der Waals surface area (Å²) >= 11 is 9.51. The highest BCUT2D eigenvalue weighted by atomic mass is 79.9. The number of hydrogen-bond donors (Lipinski definition) is 1. The summed E-state index contributed by atoms with van der Waals surface area (Å²) in [5, 5.41) is 3.52. The molecule has 1 N–H and O–H groups in total. The van der Waals surface area contributed by atoms with Gasteiger partial charge in [-0.2, -0.15) is 0 Å². The second-order valence-electron chi connectivity index (χ2n) is 6.73. The summed E-state index contributed by atoms with van der Waals surface area (Å²) in [6.07, 6.45) is 1.38. The molecule has 1 aliphatic rings. The largest absolute Gasteiger partial charge is 0.353 e. The Hall–Kier alpha value is -1.07. The van der Waals surface area contributed by atoms with Crippen molar-refractivity contribution in [2.24, 2.45) is 11.8 Å². The maximum atomic E-state index is 12.6. The number of carbonyl (C=O) groups excluding carboxylic acids is 2. The monoisotopic (exact) mass is 414 g/mol. The van der Waals surface area contributed by atoms with Crippen LogP contribution in [0.2, 0.25) is 5.02 Å². The highest BCUT2D eigenvalue weighted by Crippen LogP contribution is 2.25. The first kappa shape index (κ1) is 19.3. The van der Waals surface area contributed by atoms with Crippen molar-refractivity contribution >= 4 is 39.3 Å². The molecule has 0 spiro atoms. The number of piperidine rings is 1. The minimum Gasteiger partial charge on any atom is -0.353 e. The second-order valence-corrected chi connectivity index (χ2v) is 8.05. The van der Waals surface area contributed by atoms with E-state index in [1.807, 2.05) is 13.0 Å². The van der Waals surface area contributed by atoms with Crippen molar-refractivity contribution in [1.29, 1.82) is 0 Å². The Labute approximate surface area is 157 Å². The Morgan fingerprint density at radius 3 is 2.46 bits per heavy atom. The van der Waals surface area contributed by atoms with Gasteiger partial charge in [-0.1, -0.05) is 41.4 Å². The Morgan fingerprint density at radius 2 is 1.88 bits per heavy atom. The van der Waals surface area contributed by atoms with Gasteiger partial charge in [-0.25, -0.2) is 0 Å². The van der Waals surface area contributed by atoms with Gasteiger partial charge in [0, 0.05) is 29.5 Å². The summed E-state index contributed by atoms with van der Waals surface area (Å²) in [5.41, 5.74) is 0.502. The van der Waals surface area contributed by atoms with Crippen LogP contribution in [0.5, 0.6) is 0 Å². The molecule has 0 saturated carbocycles. The van der Waals surface area contributed by atoms with E-state index in [4.69, 9.17) is 11.6 Å². The van der Waals surface area contributed by atoms with E-state index in [1.165, 1.54) is 0 Å². The molecule has 0 aromatic heterocycles. The number of amides is 2. The average molecular weight is 416 g/mol. The molecule has 0 radical (unpaired) electrons. The first-order valence-corrected chi connectivity index (χ1v) is 9.51. The van der Waals surface area contributed by atoms with Gasteiger partial charge in [0.1, 0.15) is 0 Å². The molecule has 1 heterocycles. The van der Waals surface area contributed by atoms with Crippen LogP contribution in [-0.4, -0.2) is 35.8 Å². The third-order valence-corrected chi connectivity index (χ3v) is 5.50. The SMILES string of the molecule is CC(C)C(C)NC(=O)C1CCN(C(=O)c2cc(Br)ccc2Cl)CC1. The fourth-order valence-electron chi connectivity index (χ4n) is 2.69. The van der Waals surface area contributed by atoms with E-state index < -0.39 is 0 Å². The zero-order valence-corrected chi connectivity index (χ0v) is 16.7. The number of nitrogens with one attached hydrogen (secondary N) is 1. The average Bonchev–Trinajstić information content (AvgIpc) is 2.56. The first-order valence-electron chi connectivity index (χ1n) is 8.34. The van der Waals surface area contributed by atoms with Crippen LogP contribution < -0.4 is 5.32 Å². The zero-order valence-electron chi connectivity index (χ0n) is 14.3. The lowest BCUT2D eigenvalue weighted by Gasteiger charge is -2.32. The molecule has 6 heteroatoms. The minimum absolute atomic E-state index is 0.0202. The number of rotatable bonds is 4. The van der Waals surface area contributed by atoms with Gasteiger partial charge in [0.15, 0.2) is 0 Å². The van der Waals surface area contributed by atoms with Crippen LogP contribution in [0.1, 0.15) is 44.0 Å². The van der Waals surface area contributed by atoms with E-state index in [2.05, 4.69) is 35.1 Å². The van der Waals surface area contributed by atoms with E-state index in [0.717, 1.165) is 4.47 Å². The number of halogens is 2. The number of carbonyl (C=O) groups is 2. The van der Waals surface area contributed by atoms with Crippen molar-refractivity contribution in [3.63, 3.8) is 0 Å². The van der Waals surface area contributed by atoms with Crippen LogP contribution in [0.25, 0.3) is 0 Å². The summed E-state index contributed by atoms with van der Waals surface area (Å²) < 4.78 is 0.826. The van der Waals surface area contributed by atoms with Crippen LogP contribution in [0.15, 0.2) is 22.7 Å². The van der Waals surface area contributed by atoms with Crippen molar-refractivity contribution in [3.8, 4) is 0 Å². The smallest absolute Gasteiger partial charge is 0.255 e. The zero-order chi connectivity index (χ0) is 17.9. The number of benzene rings is 1. The van der Waals surface area contributed by atoms with Gasteiger partial charge in [0.25, 0.3) is 5.91 Å². The standard InChI is InChI=1S/C18H24BrClN2O2/c1-11(2)12(3)21-17(23)13-6-8-22(9-7-13)18(24)15-10-14(19)4-5-16(15)20/h4-5,10-13H,6-9H2,1-3H3,(H,21,23). The molecule has 2 amide bonds. The quantitative estimate of drug-likeness (QED) is 0.804. The summed E-state index contributed by atoms with van der Waals surface area (Å²) in [6, 6.07) is 5.43. The minimum atomic E-state index is -0.0734. The topological polar surface area (TPSA) is 49.4 Å². The lowest BCUT2D eigenvalue weighted by atomic mass is 9.94. The summed E-state index contributed by atoms with van der Waals surface area (Å²) in [5.74, 6) is 0.419. The first-order chi connectivity index (χ1) is 11.3. The third-order valence-electron chi connectivity index (χ3n) is 4.68. The molecule has 1 aliphatic heterocycles. The number of likely N-dealkylation sites (tertiary alicyclic amines) is 1. The van der Waals surface area contributed by atoms with Crippen LogP contribution in [0, 0.1) is 11.8 Å². The molecule has 1 fully saturated rings. The summed E-state index contributed by atoms with van der Waals surface area (Å²) in [7, 11) is 0. The Balaban J connectivity index is 1.94. The summed E-state index contributed by atoms with van der Waals surface area (Å²) in [4.78, 5) is 26.7. The molecular weight excluding hydrogens is 392 g/mol. The van der Waals surface area contributed by atoms with Crippen molar-refractivity contribution in [2.75, 3.05) is 13.1 Å². The van der Waals surface area contributed by atoms with Crippen LogP contribution in [0.3, 0.4) is 0 Å². The lowest BCUT2D eigenvalue weighted by molar-refractivity contribution is -0.127. The van der Waals surface area contributed by atoms with Crippen LogP contribution in [0.4, 0.5) is 0 Å². The van der Waals surface area contributed by atoms with E-state index in [1.54, 1.807) is 17.0 Å². The predicted molar refractivity (Wildman–Crippen MR) is 100 cm³/mol. The normalized spacial score (nSPS) is 17.0. The van der Waals surface area contributed by atoms with Crippen molar-refractivity contribution in [1.82, 2.24) is 10.2 Å². The van der Waals surface area contributed by atoms with Crippen molar-refractivity contribution in [2.45, 2.75) is 39.7 Å². The molecule has 4 nitrogen and oxygen atoms in total. The van der Waals surface area contributed by atoms with Gasteiger partial charge in [0.05, 0.1) is 10.6 Å². The molecule has 1 saturated heterocycles. The molecule has 0 bridgehead atoms. The van der Waals surface area contributed by atoms with Gasteiger partial charge in [-0.3, -0.25) is 9.59 Å². The predicted octanol–water partition coefficient (Wildman–Crippen LogP) is 4.12. The fraction of sp³-hybridized carbons (Fsp3) is 0.556. The molecule has 132 valence electrons. The van der Waals surface area contributed by atoms with Crippen LogP contribution in [-0.2, 0) is 4.79 Å². The van der Waals surface area contributed by atoms with Gasteiger partial charge in [0.2, 0.25) is 5.91 Å². The van der Waals surface area contributed by atoms with Gasteiger partial charge >= 0.3 is 0 Å².